The Labute approximate surface area is 90.7 Å². The molecule has 0 bridgehead atoms. The standard InChI is InChI=1S/C9H14N.Mn.4O/c1-10(2,3)9-7-5-4-6-8-9;;;;;/h4-8H,1-3H3;;;;;/q+1;;;;;-1. The Morgan fingerprint density at radius 2 is 1.33 bits per heavy atom. The van der Waals surface area contributed by atoms with Gasteiger partial charge in [-0.1, -0.05) is 18.2 Å². The van der Waals surface area contributed by atoms with Gasteiger partial charge < -0.3 is 0 Å². The second-order valence-electron chi connectivity index (χ2n) is 3.73. The summed E-state index contributed by atoms with van der Waals surface area (Å²) < 4.78 is 35.2. The number of hydrogen-bond acceptors (Lipinski definition) is 4. The SMILES string of the molecule is C[N+](C)(C)c1ccccc1.[O]=[Mn](=[O])(=[O])[O-]. The third-order valence-corrected chi connectivity index (χ3v) is 1.53. The summed E-state index contributed by atoms with van der Waals surface area (Å²) >= 11 is -5.62. The zero-order valence-electron chi connectivity index (χ0n) is 8.84. The normalized spacial score (nSPS) is 11.5. The minimum absolute atomic E-state index is 0.890. The number of benzene rings is 1. The van der Waals surface area contributed by atoms with E-state index < -0.39 is 13.0 Å². The summed E-state index contributed by atoms with van der Waals surface area (Å²) in [5, 5.41) is 0. The summed E-state index contributed by atoms with van der Waals surface area (Å²) in [7, 11) is 6.49. The van der Waals surface area contributed by atoms with Crippen molar-refractivity contribution < 1.29 is 28.7 Å². The third-order valence-electron chi connectivity index (χ3n) is 1.53. The molecule has 1 aromatic rings. The maximum atomic E-state index is 8.58. The van der Waals surface area contributed by atoms with Crippen molar-refractivity contribution in [3.8, 4) is 0 Å². The molecule has 0 aliphatic rings. The van der Waals surface area contributed by atoms with Gasteiger partial charge in [-0.2, -0.15) is 0 Å². The fourth-order valence-corrected chi connectivity index (χ4v) is 0.875. The van der Waals surface area contributed by atoms with Crippen LogP contribution in [0.3, 0.4) is 0 Å². The zero-order chi connectivity index (χ0) is 12.1. The topological polar surface area (TPSA) is 74.3 Å². The molecular formula is C9H14MnNO4. The second kappa shape index (κ2) is 5.23. The van der Waals surface area contributed by atoms with Gasteiger partial charge in [-0.25, -0.2) is 0 Å². The molecule has 0 fully saturated rings. The van der Waals surface area contributed by atoms with E-state index in [1.165, 1.54) is 5.69 Å². The molecule has 86 valence electrons. The van der Waals surface area contributed by atoms with Crippen LogP contribution in [-0.2, 0) is 24.5 Å². The summed E-state index contributed by atoms with van der Waals surface area (Å²) in [5.41, 5.74) is 1.34. The van der Waals surface area contributed by atoms with Crippen molar-refractivity contribution >= 4 is 5.69 Å². The van der Waals surface area contributed by atoms with E-state index >= 15 is 0 Å². The molecule has 0 spiro atoms. The Bertz CT molecular complexity index is 425. The molecule has 1 aromatic carbocycles. The van der Waals surface area contributed by atoms with E-state index in [2.05, 4.69) is 45.4 Å². The molecule has 1 rings (SSSR count). The first-order valence-corrected chi connectivity index (χ1v) is 6.02. The fourth-order valence-electron chi connectivity index (χ4n) is 0.875. The Balaban J connectivity index is 0.000000336. The molecule has 0 aliphatic carbocycles. The summed E-state index contributed by atoms with van der Waals surface area (Å²) in [6.45, 7) is 0. The number of nitrogens with zero attached hydrogens (tertiary/aromatic N) is 1. The first-order valence-electron chi connectivity index (χ1n) is 4.09. The van der Waals surface area contributed by atoms with Gasteiger partial charge in [0.25, 0.3) is 0 Å². The summed E-state index contributed by atoms with van der Waals surface area (Å²) in [5.74, 6) is 0. The Hall–Kier alpha value is -0.941. The predicted octanol–water partition coefficient (Wildman–Crippen LogP) is 0.335. The molecule has 0 N–H and O–H groups in total. The van der Waals surface area contributed by atoms with Crippen LogP contribution in [0.1, 0.15) is 0 Å². The first-order chi connectivity index (χ1) is 6.61. The van der Waals surface area contributed by atoms with Crippen molar-refractivity contribution in [2.45, 2.75) is 0 Å². The van der Waals surface area contributed by atoms with Crippen molar-refractivity contribution in [2.24, 2.45) is 0 Å². The van der Waals surface area contributed by atoms with Crippen molar-refractivity contribution in [1.29, 1.82) is 0 Å². The number of quaternary nitrogens is 1. The van der Waals surface area contributed by atoms with E-state index in [9.17, 15) is 0 Å². The van der Waals surface area contributed by atoms with Crippen molar-refractivity contribution in [1.82, 2.24) is 4.48 Å². The van der Waals surface area contributed by atoms with Gasteiger partial charge in [-0.15, -0.1) is 0 Å². The van der Waals surface area contributed by atoms with Gasteiger partial charge >= 0.3 is 28.7 Å². The maximum absolute atomic E-state index is 8.58. The zero-order valence-corrected chi connectivity index (χ0v) is 10.0. The number of hydrogen-bond donors (Lipinski definition) is 0. The first kappa shape index (κ1) is 14.1. The van der Waals surface area contributed by atoms with Gasteiger partial charge in [0.15, 0.2) is 0 Å². The Morgan fingerprint density at radius 3 is 1.53 bits per heavy atom. The molecule has 15 heavy (non-hydrogen) atoms. The number of rotatable bonds is 1. The predicted molar refractivity (Wildman–Crippen MR) is 48.1 cm³/mol. The quantitative estimate of drug-likeness (QED) is 0.535. The van der Waals surface area contributed by atoms with Crippen LogP contribution in [0.25, 0.3) is 0 Å². The van der Waals surface area contributed by atoms with Crippen LogP contribution >= 0.6 is 0 Å². The van der Waals surface area contributed by atoms with E-state index in [1.807, 2.05) is 6.07 Å². The van der Waals surface area contributed by atoms with Crippen molar-refractivity contribution in [3.05, 3.63) is 30.3 Å². The Morgan fingerprint density at radius 1 is 1.00 bits per heavy atom. The molecule has 0 heterocycles. The van der Waals surface area contributed by atoms with Crippen LogP contribution in [0.4, 0.5) is 5.69 Å². The Kier molecular flexibility index (Phi) is 4.90. The monoisotopic (exact) mass is 255 g/mol. The molecular weight excluding hydrogens is 241 g/mol. The molecule has 0 aromatic heterocycles. The summed E-state index contributed by atoms with van der Waals surface area (Å²) in [4.78, 5) is 0. The van der Waals surface area contributed by atoms with E-state index in [-0.39, 0.29) is 0 Å². The van der Waals surface area contributed by atoms with Gasteiger partial charge in [0.2, 0.25) is 0 Å². The molecule has 0 unspecified atom stereocenters. The van der Waals surface area contributed by atoms with Crippen LogP contribution in [0.5, 0.6) is 0 Å². The third kappa shape index (κ3) is 9.37. The molecule has 0 saturated heterocycles. The molecule has 0 aliphatic heterocycles. The minimum atomic E-state index is -5.62. The molecule has 0 atom stereocenters. The van der Waals surface area contributed by atoms with E-state index in [1.54, 1.807) is 0 Å². The van der Waals surface area contributed by atoms with Crippen LogP contribution in [-0.4, -0.2) is 21.1 Å². The second-order valence-corrected chi connectivity index (χ2v) is 4.91. The van der Waals surface area contributed by atoms with Crippen molar-refractivity contribution in [2.75, 3.05) is 21.1 Å². The van der Waals surface area contributed by atoms with Crippen LogP contribution in [0.15, 0.2) is 30.3 Å². The molecule has 6 heteroatoms. The average molecular weight is 255 g/mol. The van der Waals surface area contributed by atoms with Gasteiger partial charge in [0.1, 0.15) is 5.69 Å². The molecule has 5 nitrogen and oxygen atoms in total. The van der Waals surface area contributed by atoms with Crippen LogP contribution < -0.4 is 8.67 Å². The van der Waals surface area contributed by atoms with E-state index in [4.69, 9.17) is 15.7 Å². The summed E-state index contributed by atoms with van der Waals surface area (Å²) in [6, 6.07) is 10.5. The van der Waals surface area contributed by atoms with Crippen LogP contribution in [0.2, 0.25) is 0 Å². The average Bonchev–Trinajstić information content (AvgIpc) is 2.01. The molecule has 0 radical (unpaired) electrons. The van der Waals surface area contributed by atoms with Gasteiger partial charge in [-0.05, 0) is 12.1 Å². The molecule has 0 amide bonds. The van der Waals surface area contributed by atoms with Crippen molar-refractivity contribution in [3.63, 3.8) is 0 Å². The summed E-state index contributed by atoms with van der Waals surface area (Å²) in [6.07, 6.45) is 0. The number of para-hydroxylation sites is 1. The van der Waals surface area contributed by atoms with Gasteiger partial charge in [-0.3, -0.25) is 4.48 Å². The van der Waals surface area contributed by atoms with Gasteiger partial charge in [0.05, 0.1) is 21.1 Å². The van der Waals surface area contributed by atoms with E-state index in [0.29, 0.717) is 0 Å². The van der Waals surface area contributed by atoms with E-state index in [0.717, 1.165) is 4.48 Å². The fraction of sp³-hybridized carbons (Fsp3) is 0.333. The van der Waals surface area contributed by atoms with Crippen LogP contribution in [0, 0.1) is 0 Å². The molecule has 0 saturated carbocycles. The van der Waals surface area contributed by atoms with Gasteiger partial charge in [0, 0.05) is 0 Å².